The highest BCUT2D eigenvalue weighted by molar-refractivity contribution is 6.30. The van der Waals surface area contributed by atoms with Crippen LogP contribution < -0.4 is 0 Å². The van der Waals surface area contributed by atoms with Crippen molar-refractivity contribution in [3.63, 3.8) is 0 Å². The summed E-state index contributed by atoms with van der Waals surface area (Å²) in [6, 6.07) is 13.5. The molecule has 0 fully saturated rings. The number of aromatic nitrogens is 1. The lowest BCUT2D eigenvalue weighted by Gasteiger charge is -2.06. The van der Waals surface area contributed by atoms with E-state index in [1.54, 1.807) is 6.20 Å². The minimum absolute atomic E-state index is 0.0147. The number of hydrogen-bond donors (Lipinski definition) is 0. The average Bonchev–Trinajstić information content (AvgIpc) is 2.50. The van der Waals surface area contributed by atoms with E-state index in [-0.39, 0.29) is 17.2 Å². The molecule has 3 aromatic rings. The summed E-state index contributed by atoms with van der Waals surface area (Å²) in [6.07, 6.45) is 1.87. The Bertz CT molecular complexity index is 827. The summed E-state index contributed by atoms with van der Waals surface area (Å²) in [5.74, 6) is -0.732. The highest BCUT2D eigenvalue weighted by Gasteiger charge is 2.11. The molecule has 0 aliphatic carbocycles. The second-order valence-corrected chi connectivity index (χ2v) is 5.12. The zero-order valence-electron chi connectivity index (χ0n) is 11.0. The third-order valence-corrected chi connectivity index (χ3v) is 3.64. The quantitative estimate of drug-likeness (QED) is 0.669. The van der Waals surface area contributed by atoms with Gasteiger partial charge in [-0.25, -0.2) is 4.39 Å². The van der Waals surface area contributed by atoms with Crippen LogP contribution in [0.4, 0.5) is 4.39 Å². The van der Waals surface area contributed by atoms with Crippen molar-refractivity contribution in [2.75, 3.05) is 0 Å². The molecule has 0 unspecified atom stereocenters. The molecule has 3 rings (SSSR count). The van der Waals surface area contributed by atoms with Gasteiger partial charge < -0.3 is 0 Å². The smallest absolute Gasteiger partial charge is 0.167 e. The van der Waals surface area contributed by atoms with Gasteiger partial charge >= 0.3 is 0 Å². The van der Waals surface area contributed by atoms with Gasteiger partial charge in [-0.3, -0.25) is 9.78 Å². The normalized spacial score (nSPS) is 10.8. The summed E-state index contributed by atoms with van der Waals surface area (Å²) in [5, 5.41) is 0.948. The number of pyridine rings is 1. The Morgan fingerprint density at radius 3 is 2.76 bits per heavy atom. The molecule has 0 bridgehead atoms. The van der Waals surface area contributed by atoms with Gasteiger partial charge in [0, 0.05) is 23.6 Å². The molecule has 2 aromatic carbocycles. The molecule has 4 heteroatoms. The van der Waals surface area contributed by atoms with Gasteiger partial charge in [-0.15, -0.1) is 0 Å². The highest BCUT2D eigenvalue weighted by atomic mass is 35.5. The Hall–Kier alpha value is -2.26. The Kier molecular flexibility index (Phi) is 3.67. The van der Waals surface area contributed by atoms with Crippen molar-refractivity contribution in [3.05, 3.63) is 76.7 Å². The first kappa shape index (κ1) is 13.7. The standard InChI is InChI=1S/C17H11ClFNO/c18-14-6-5-12(9-15(14)19)17(21)10-11-7-8-20-16-4-2-1-3-13(11)16/h1-9H,10H2. The number of carbonyl (C=O) groups is 1. The number of carbonyl (C=O) groups excluding carboxylic acids is 1. The van der Waals surface area contributed by atoms with Crippen LogP contribution in [-0.2, 0) is 6.42 Å². The molecule has 1 heterocycles. The molecular formula is C17H11ClFNO. The average molecular weight is 300 g/mol. The van der Waals surface area contributed by atoms with Crippen LogP contribution in [0.25, 0.3) is 10.9 Å². The summed E-state index contributed by atoms with van der Waals surface area (Å²) in [5.41, 5.74) is 2.03. The van der Waals surface area contributed by atoms with E-state index in [0.717, 1.165) is 16.5 Å². The van der Waals surface area contributed by atoms with Crippen LogP contribution >= 0.6 is 11.6 Å². The Morgan fingerprint density at radius 2 is 1.95 bits per heavy atom. The number of ketones is 1. The van der Waals surface area contributed by atoms with Gasteiger partial charge in [-0.2, -0.15) is 0 Å². The summed E-state index contributed by atoms with van der Waals surface area (Å²) >= 11 is 5.63. The second kappa shape index (κ2) is 5.62. The van der Waals surface area contributed by atoms with Crippen LogP contribution in [0.2, 0.25) is 5.02 Å². The minimum Gasteiger partial charge on any atom is -0.294 e. The van der Waals surface area contributed by atoms with E-state index < -0.39 is 5.82 Å². The van der Waals surface area contributed by atoms with Crippen molar-refractivity contribution in [3.8, 4) is 0 Å². The first-order chi connectivity index (χ1) is 10.1. The molecule has 0 saturated carbocycles. The first-order valence-corrected chi connectivity index (χ1v) is 6.84. The van der Waals surface area contributed by atoms with Crippen LogP contribution in [-0.4, -0.2) is 10.8 Å². The van der Waals surface area contributed by atoms with Gasteiger partial charge in [0.2, 0.25) is 0 Å². The van der Waals surface area contributed by atoms with E-state index in [1.165, 1.54) is 18.2 Å². The van der Waals surface area contributed by atoms with E-state index in [4.69, 9.17) is 11.6 Å². The molecule has 0 saturated heterocycles. The van der Waals surface area contributed by atoms with Gasteiger partial charge in [0.25, 0.3) is 0 Å². The topological polar surface area (TPSA) is 30.0 Å². The molecule has 104 valence electrons. The third kappa shape index (κ3) is 2.78. The number of fused-ring (bicyclic) bond motifs is 1. The Balaban J connectivity index is 1.94. The molecule has 0 radical (unpaired) electrons. The number of hydrogen-bond acceptors (Lipinski definition) is 2. The van der Waals surface area contributed by atoms with E-state index in [9.17, 15) is 9.18 Å². The molecule has 0 N–H and O–H groups in total. The van der Waals surface area contributed by atoms with Crippen LogP contribution in [0.15, 0.2) is 54.7 Å². The number of Topliss-reactive ketones (excluding diaryl/α,β-unsaturated/α-hetero) is 1. The van der Waals surface area contributed by atoms with Gasteiger partial charge in [0.1, 0.15) is 5.82 Å². The lowest BCUT2D eigenvalue weighted by Crippen LogP contribution is -2.05. The summed E-state index contributed by atoms with van der Waals surface area (Å²) in [7, 11) is 0. The van der Waals surface area contributed by atoms with Crippen molar-refractivity contribution in [2.24, 2.45) is 0 Å². The SMILES string of the molecule is O=C(Cc1ccnc2ccccc12)c1ccc(Cl)c(F)c1. The van der Waals surface area contributed by atoms with Gasteiger partial charge in [-0.1, -0.05) is 29.8 Å². The van der Waals surface area contributed by atoms with E-state index in [2.05, 4.69) is 4.98 Å². The predicted octanol–water partition coefficient (Wildman–Crippen LogP) is 4.45. The Labute approximate surface area is 126 Å². The zero-order valence-corrected chi connectivity index (χ0v) is 11.8. The number of benzene rings is 2. The number of nitrogens with zero attached hydrogens (tertiary/aromatic N) is 1. The second-order valence-electron chi connectivity index (χ2n) is 4.72. The molecule has 1 aromatic heterocycles. The Morgan fingerprint density at radius 1 is 1.14 bits per heavy atom. The predicted molar refractivity (Wildman–Crippen MR) is 81.2 cm³/mol. The number of para-hydroxylation sites is 1. The fourth-order valence-electron chi connectivity index (χ4n) is 2.25. The van der Waals surface area contributed by atoms with Crippen LogP contribution in [0, 0.1) is 5.82 Å². The van der Waals surface area contributed by atoms with Crippen molar-refractivity contribution >= 4 is 28.3 Å². The van der Waals surface area contributed by atoms with Crippen LogP contribution in [0.1, 0.15) is 15.9 Å². The first-order valence-electron chi connectivity index (χ1n) is 6.46. The van der Waals surface area contributed by atoms with Crippen molar-refractivity contribution in [1.29, 1.82) is 0 Å². The lowest BCUT2D eigenvalue weighted by atomic mass is 10.00. The molecule has 0 amide bonds. The van der Waals surface area contributed by atoms with E-state index in [0.29, 0.717) is 5.56 Å². The monoisotopic (exact) mass is 299 g/mol. The van der Waals surface area contributed by atoms with Gasteiger partial charge in [-0.05, 0) is 35.9 Å². The maximum Gasteiger partial charge on any atom is 0.167 e. The van der Waals surface area contributed by atoms with Crippen molar-refractivity contribution < 1.29 is 9.18 Å². The largest absolute Gasteiger partial charge is 0.294 e. The molecule has 0 aliphatic heterocycles. The summed E-state index contributed by atoms with van der Waals surface area (Å²) in [6.45, 7) is 0. The lowest BCUT2D eigenvalue weighted by molar-refractivity contribution is 0.0993. The van der Waals surface area contributed by atoms with Crippen molar-refractivity contribution in [2.45, 2.75) is 6.42 Å². The maximum absolute atomic E-state index is 13.4. The number of halogens is 2. The van der Waals surface area contributed by atoms with Gasteiger partial charge in [0.05, 0.1) is 10.5 Å². The maximum atomic E-state index is 13.4. The fourth-order valence-corrected chi connectivity index (χ4v) is 2.37. The highest BCUT2D eigenvalue weighted by Crippen LogP contribution is 2.20. The fraction of sp³-hybridized carbons (Fsp3) is 0.0588. The molecule has 2 nitrogen and oxygen atoms in total. The minimum atomic E-state index is -0.581. The molecule has 0 spiro atoms. The molecule has 21 heavy (non-hydrogen) atoms. The summed E-state index contributed by atoms with van der Waals surface area (Å²) < 4.78 is 13.4. The third-order valence-electron chi connectivity index (χ3n) is 3.33. The molecule has 0 atom stereocenters. The molecule has 0 aliphatic rings. The van der Waals surface area contributed by atoms with E-state index >= 15 is 0 Å². The number of rotatable bonds is 3. The van der Waals surface area contributed by atoms with Crippen molar-refractivity contribution in [1.82, 2.24) is 4.98 Å². The van der Waals surface area contributed by atoms with Crippen LogP contribution in [0.3, 0.4) is 0 Å². The molecular weight excluding hydrogens is 289 g/mol. The zero-order chi connectivity index (χ0) is 14.8. The van der Waals surface area contributed by atoms with Gasteiger partial charge in [0.15, 0.2) is 5.78 Å². The van der Waals surface area contributed by atoms with E-state index in [1.807, 2.05) is 30.3 Å². The van der Waals surface area contributed by atoms with Crippen LogP contribution in [0.5, 0.6) is 0 Å². The summed E-state index contributed by atoms with van der Waals surface area (Å²) in [4.78, 5) is 16.5.